The Balaban J connectivity index is 1.65. The van der Waals surface area contributed by atoms with Gasteiger partial charge < -0.3 is 25.5 Å². The van der Waals surface area contributed by atoms with Crippen LogP contribution in [-0.4, -0.2) is 57.1 Å². The van der Waals surface area contributed by atoms with Crippen molar-refractivity contribution in [3.8, 4) is 0 Å². The number of hydrogen-bond donors (Lipinski definition) is 5. The molecule has 0 heterocycles. The van der Waals surface area contributed by atoms with Gasteiger partial charge in [0.1, 0.15) is 0 Å². The molecule has 35 heavy (non-hydrogen) atoms. The second-order valence-corrected chi connectivity index (χ2v) is 15.2. The lowest BCUT2D eigenvalue weighted by atomic mass is 9.33. The van der Waals surface area contributed by atoms with Crippen molar-refractivity contribution in [2.24, 2.45) is 50.2 Å². The van der Waals surface area contributed by atoms with E-state index in [1.807, 2.05) is 6.92 Å². The molecule has 0 amide bonds. The fourth-order valence-electron chi connectivity index (χ4n) is 10.8. The quantitative estimate of drug-likeness (QED) is 0.376. The smallest absolute Gasteiger partial charge is 0.0762 e. The minimum atomic E-state index is -0.606. The van der Waals surface area contributed by atoms with Crippen molar-refractivity contribution in [1.82, 2.24) is 0 Å². The van der Waals surface area contributed by atoms with Gasteiger partial charge >= 0.3 is 0 Å². The van der Waals surface area contributed by atoms with Crippen molar-refractivity contribution < 1.29 is 25.5 Å². The molecule has 4 fully saturated rings. The maximum absolute atomic E-state index is 12.0. The van der Waals surface area contributed by atoms with Crippen LogP contribution < -0.4 is 0 Å². The van der Waals surface area contributed by atoms with Gasteiger partial charge in [-0.2, -0.15) is 0 Å². The Morgan fingerprint density at radius 3 is 2.11 bits per heavy atom. The zero-order valence-corrected chi connectivity index (χ0v) is 22.8. The predicted molar refractivity (Wildman–Crippen MR) is 136 cm³/mol. The van der Waals surface area contributed by atoms with Crippen molar-refractivity contribution >= 4 is 0 Å². The largest absolute Gasteiger partial charge is 0.396 e. The number of rotatable bonds is 2. The molecule has 0 radical (unpaired) electrons. The van der Waals surface area contributed by atoms with Gasteiger partial charge in [-0.3, -0.25) is 0 Å². The third kappa shape index (κ3) is 3.11. The molecule has 5 heteroatoms. The molecule has 0 saturated heterocycles. The molecule has 0 unspecified atom stereocenters. The second kappa shape index (κ2) is 7.79. The van der Waals surface area contributed by atoms with Gasteiger partial charge in [0.25, 0.3) is 0 Å². The summed E-state index contributed by atoms with van der Waals surface area (Å²) in [6.07, 6.45) is 7.10. The van der Waals surface area contributed by atoms with Crippen LogP contribution in [0.1, 0.15) is 92.9 Å². The van der Waals surface area contributed by atoms with Gasteiger partial charge in [0.2, 0.25) is 0 Å². The molecule has 0 aliphatic heterocycles. The first-order valence-electron chi connectivity index (χ1n) is 14.1. The van der Waals surface area contributed by atoms with E-state index < -0.39 is 29.1 Å². The average molecular weight is 491 g/mol. The molecule has 11 atom stereocenters. The number of fused-ring (bicyclic) bond motifs is 7. The topological polar surface area (TPSA) is 101 Å². The first kappa shape index (κ1) is 26.2. The lowest BCUT2D eigenvalue weighted by Gasteiger charge is -2.72. The first-order valence-corrected chi connectivity index (χ1v) is 14.1. The SMILES string of the molecule is CC1(C)CC[C@@]2(CO)[C@H](C1)C1=C[C@@H](O)[C@@H]3[C@@]4(C)CC[C@H](O)[C@@](C)(CO)[C@@H]4CC[C@@]3(C)[C@]1(C)C[C@@H]2O. The highest BCUT2D eigenvalue weighted by Crippen LogP contribution is 2.75. The molecule has 5 nitrogen and oxygen atoms in total. The lowest BCUT2D eigenvalue weighted by molar-refractivity contribution is -0.244. The number of hydrogen-bond acceptors (Lipinski definition) is 5. The van der Waals surface area contributed by atoms with E-state index in [9.17, 15) is 25.5 Å². The molecule has 0 bridgehead atoms. The molecule has 4 saturated carbocycles. The summed E-state index contributed by atoms with van der Waals surface area (Å²) >= 11 is 0. The third-order valence-electron chi connectivity index (χ3n) is 13.2. The van der Waals surface area contributed by atoms with E-state index in [0.717, 1.165) is 38.5 Å². The summed E-state index contributed by atoms with van der Waals surface area (Å²) in [6.45, 7) is 13.6. The van der Waals surface area contributed by atoms with Gasteiger partial charge in [0, 0.05) is 16.7 Å². The van der Waals surface area contributed by atoms with E-state index in [1.54, 1.807) is 0 Å². The fraction of sp³-hybridized carbons (Fsp3) is 0.933. The van der Waals surface area contributed by atoms with E-state index in [4.69, 9.17) is 0 Å². The van der Waals surface area contributed by atoms with E-state index >= 15 is 0 Å². The Hall–Kier alpha value is -0.460. The number of aliphatic hydroxyl groups is 5. The van der Waals surface area contributed by atoms with Crippen LogP contribution >= 0.6 is 0 Å². The Labute approximate surface area is 212 Å². The molecule has 0 spiro atoms. The Morgan fingerprint density at radius 2 is 1.49 bits per heavy atom. The Kier molecular flexibility index (Phi) is 5.82. The lowest BCUT2D eigenvalue weighted by Crippen LogP contribution is -2.69. The summed E-state index contributed by atoms with van der Waals surface area (Å²) in [7, 11) is 0. The van der Waals surface area contributed by atoms with Crippen LogP contribution in [0, 0.1) is 50.2 Å². The predicted octanol–water partition coefficient (Wildman–Crippen LogP) is 4.06. The van der Waals surface area contributed by atoms with Gasteiger partial charge in [-0.25, -0.2) is 0 Å². The van der Waals surface area contributed by atoms with Crippen molar-refractivity contribution in [3.63, 3.8) is 0 Å². The van der Waals surface area contributed by atoms with Crippen LogP contribution in [0.25, 0.3) is 0 Å². The van der Waals surface area contributed by atoms with E-state index in [-0.39, 0.29) is 52.6 Å². The van der Waals surface area contributed by atoms with Crippen LogP contribution in [0.3, 0.4) is 0 Å². The zero-order chi connectivity index (χ0) is 25.8. The summed E-state index contributed by atoms with van der Waals surface area (Å²) in [6, 6.07) is 0. The van der Waals surface area contributed by atoms with Crippen LogP contribution in [0.4, 0.5) is 0 Å². The van der Waals surface area contributed by atoms with E-state index in [2.05, 4.69) is 40.7 Å². The maximum Gasteiger partial charge on any atom is 0.0762 e. The summed E-state index contributed by atoms with van der Waals surface area (Å²) in [4.78, 5) is 0. The van der Waals surface area contributed by atoms with Crippen LogP contribution in [0.5, 0.6) is 0 Å². The molecule has 5 N–H and O–H groups in total. The Morgan fingerprint density at radius 1 is 0.800 bits per heavy atom. The summed E-state index contributed by atoms with van der Waals surface area (Å²) in [5.74, 6) is 0.193. The highest BCUT2D eigenvalue weighted by molar-refractivity contribution is 5.36. The zero-order valence-electron chi connectivity index (χ0n) is 22.8. The molecule has 5 aliphatic rings. The van der Waals surface area contributed by atoms with Gasteiger partial charge in [0.15, 0.2) is 0 Å². The van der Waals surface area contributed by atoms with Crippen LogP contribution in [0.2, 0.25) is 0 Å². The molecular weight excluding hydrogens is 440 g/mol. The van der Waals surface area contributed by atoms with Crippen molar-refractivity contribution in [2.45, 2.75) is 111 Å². The van der Waals surface area contributed by atoms with Gasteiger partial charge in [0.05, 0.1) is 31.5 Å². The molecule has 200 valence electrons. The van der Waals surface area contributed by atoms with Gasteiger partial charge in [-0.15, -0.1) is 0 Å². The third-order valence-corrected chi connectivity index (χ3v) is 13.2. The molecule has 5 rings (SSSR count). The minimum absolute atomic E-state index is 0.00805. The monoisotopic (exact) mass is 490 g/mol. The number of allylic oxidation sites excluding steroid dienone is 1. The fourth-order valence-corrected chi connectivity index (χ4v) is 10.8. The van der Waals surface area contributed by atoms with Crippen molar-refractivity contribution in [2.75, 3.05) is 13.2 Å². The van der Waals surface area contributed by atoms with E-state index in [1.165, 1.54) is 5.57 Å². The summed E-state index contributed by atoms with van der Waals surface area (Å²) in [5.41, 5.74) is -0.372. The maximum atomic E-state index is 12.0. The average Bonchev–Trinajstić information content (AvgIpc) is 2.78. The number of aliphatic hydroxyl groups excluding tert-OH is 5. The highest BCUT2D eigenvalue weighted by atomic mass is 16.3. The molecule has 0 aromatic rings. The summed E-state index contributed by atoms with van der Waals surface area (Å²) in [5, 5.41) is 55.7. The first-order chi connectivity index (χ1) is 16.2. The molecular formula is C30H50O5. The van der Waals surface area contributed by atoms with Crippen LogP contribution in [0.15, 0.2) is 11.6 Å². The van der Waals surface area contributed by atoms with Gasteiger partial charge in [-0.05, 0) is 84.9 Å². The molecule has 5 aliphatic carbocycles. The highest BCUT2D eigenvalue weighted by Gasteiger charge is 2.71. The Bertz CT molecular complexity index is 899. The normalized spacial score (nSPS) is 57.3. The van der Waals surface area contributed by atoms with Gasteiger partial charge in [-0.1, -0.05) is 53.2 Å². The second-order valence-electron chi connectivity index (χ2n) is 15.2. The van der Waals surface area contributed by atoms with Crippen LogP contribution in [-0.2, 0) is 0 Å². The summed E-state index contributed by atoms with van der Waals surface area (Å²) < 4.78 is 0. The minimum Gasteiger partial charge on any atom is -0.396 e. The molecule has 0 aromatic carbocycles. The van der Waals surface area contributed by atoms with E-state index in [0.29, 0.717) is 12.8 Å². The van der Waals surface area contributed by atoms with Crippen molar-refractivity contribution in [3.05, 3.63) is 11.6 Å². The molecule has 0 aromatic heterocycles. The standard InChI is InChI=1S/C30H50O5/c1-25(2)11-12-30(17-32)19(14-25)18-13-20(33)24-26(3)9-8-22(34)27(4,16-31)21(26)7-10-28(24,5)29(18,6)15-23(30)35/h13,19-24,31-35H,7-12,14-17H2,1-6H3/t19-,20-,21-,22+,23+,24-,26+,27+,28-,29-,30-/m1/s1. The van der Waals surface area contributed by atoms with Crippen molar-refractivity contribution in [1.29, 1.82) is 0 Å².